The molecule has 0 bridgehead atoms. The summed E-state index contributed by atoms with van der Waals surface area (Å²) in [6.07, 6.45) is 1.65. The zero-order chi connectivity index (χ0) is 18.8. The van der Waals surface area contributed by atoms with Gasteiger partial charge >= 0.3 is 0 Å². The van der Waals surface area contributed by atoms with E-state index in [1.165, 1.54) is 36.4 Å². The highest BCUT2D eigenvalue weighted by molar-refractivity contribution is 7.92. The van der Waals surface area contributed by atoms with Gasteiger partial charge in [0.1, 0.15) is 5.75 Å². The predicted molar refractivity (Wildman–Crippen MR) is 98.2 cm³/mol. The van der Waals surface area contributed by atoms with Gasteiger partial charge < -0.3 is 4.74 Å². The summed E-state index contributed by atoms with van der Waals surface area (Å²) < 4.78 is 59.8. The first-order valence-corrected chi connectivity index (χ1v) is 11.1. The fourth-order valence-electron chi connectivity index (χ4n) is 2.31. The van der Waals surface area contributed by atoms with E-state index in [-0.39, 0.29) is 21.5 Å². The molecular weight excluding hydrogens is 376 g/mol. The Morgan fingerprint density at radius 2 is 1.65 bits per heavy atom. The second-order valence-corrected chi connectivity index (χ2v) is 9.33. The molecule has 9 heteroatoms. The number of hydrogen-bond donors (Lipinski definition) is 2. The molecule has 1 saturated carbocycles. The Balaban J connectivity index is 1.80. The van der Waals surface area contributed by atoms with E-state index in [1.807, 2.05) is 6.92 Å². The number of ether oxygens (including phenoxy) is 1. The lowest BCUT2D eigenvalue weighted by Crippen LogP contribution is -2.25. The molecule has 0 saturated heterocycles. The third-order valence-corrected chi connectivity index (χ3v) is 6.66. The number of anilines is 1. The summed E-state index contributed by atoms with van der Waals surface area (Å²) in [4.78, 5) is 0.0848. The highest BCUT2D eigenvalue weighted by Crippen LogP contribution is 2.24. The van der Waals surface area contributed by atoms with E-state index in [0.717, 1.165) is 12.8 Å². The summed E-state index contributed by atoms with van der Waals surface area (Å²) >= 11 is 0. The highest BCUT2D eigenvalue weighted by atomic mass is 32.2. The van der Waals surface area contributed by atoms with E-state index < -0.39 is 20.0 Å². The van der Waals surface area contributed by atoms with Crippen LogP contribution in [0.5, 0.6) is 5.75 Å². The fourth-order valence-corrected chi connectivity index (χ4v) is 4.71. The van der Waals surface area contributed by atoms with Crippen LogP contribution in [0.3, 0.4) is 0 Å². The van der Waals surface area contributed by atoms with Crippen LogP contribution in [0, 0.1) is 0 Å². The van der Waals surface area contributed by atoms with Gasteiger partial charge in [-0.05, 0) is 62.2 Å². The SMILES string of the molecule is CCOc1ccc(S(=O)(=O)Nc2cccc(S(=O)(=O)NC3CC3)c2)cc1. The van der Waals surface area contributed by atoms with Gasteiger partial charge in [-0.1, -0.05) is 6.07 Å². The van der Waals surface area contributed by atoms with Crippen LogP contribution in [0.15, 0.2) is 58.3 Å². The molecule has 0 radical (unpaired) electrons. The van der Waals surface area contributed by atoms with E-state index >= 15 is 0 Å². The van der Waals surface area contributed by atoms with Crippen molar-refractivity contribution in [2.24, 2.45) is 0 Å². The molecule has 0 aromatic heterocycles. The summed E-state index contributed by atoms with van der Waals surface area (Å²) in [5, 5.41) is 0. The maximum atomic E-state index is 12.5. The molecule has 2 aromatic carbocycles. The van der Waals surface area contributed by atoms with Gasteiger partial charge in [-0.3, -0.25) is 4.72 Å². The number of benzene rings is 2. The van der Waals surface area contributed by atoms with Crippen molar-refractivity contribution in [3.05, 3.63) is 48.5 Å². The Morgan fingerprint density at radius 1 is 0.962 bits per heavy atom. The van der Waals surface area contributed by atoms with Crippen molar-refractivity contribution in [1.29, 1.82) is 0 Å². The summed E-state index contributed by atoms with van der Waals surface area (Å²) in [7, 11) is -7.49. The van der Waals surface area contributed by atoms with E-state index in [4.69, 9.17) is 4.74 Å². The van der Waals surface area contributed by atoms with Crippen LogP contribution in [0.4, 0.5) is 5.69 Å². The van der Waals surface area contributed by atoms with Gasteiger partial charge in [-0.2, -0.15) is 0 Å². The molecule has 0 spiro atoms. The molecule has 1 aliphatic rings. The fraction of sp³-hybridized carbons (Fsp3) is 0.294. The molecule has 2 aromatic rings. The van der Waals surface area contributed by atoms with Crippen molar-refractivity contribution in [1.82, 2.24) is 4.72 Å². The first-order valence-electron chi connectivity index (χ1n) is 8.18. The lowest BCUT2D eigenvalue weighted by molar-refractivity contribution is 0.340. The minimum atomic E-state index is -3.84. The van der Waals surface area contributed by atoms with Gasteiger partial charge in [0.25, 0.3) is 10.0 Å². The van der Waals surface area contributed by atoms with Crippen molar-refractivity contribution in [2.75, 3.05) is 11.3 Å². The van der Waals surface area contributed by atoms with Gasteiger partial charge in [-0.15, -0.1) is 0 Å². The topological polar surface area (TPSA) is 102 Å². The zero-order valence-corrected chi connectivity index (χ0v) is 15.8. The van der Waals surface area contributed by atoms with E-state index in [2.05, 4.69) is 9.44 Å². The third-order valence-electron chi connectivity index (χ3n) is 3.74. The largest absolute Gasteiger partial charge is 0.494 e. The summed E-state index contributed by atoms with van der Waals surface area (Å²) in [5.41, 5.74) is 0.178. The molecule has 3 rings (SSSR count). The quantitative estimate of drug-likeness (QED) is 0.713. The molecule has 2 N–H and O–H groups in total. The molecule has 0 amide bonds. The molecule has 0 heterocycles. The smallest absolute Gasteiger partial charge is 0.261 e. The number of hydrogen-bond acceptors (Lipinski definition) is 5. The minimum Gasteiger partial charge on any atom is -0.494 e. The maximum Gasteiger partial charge on any atom is 0.261 e. The molecule has 140 valence electrons. The molecule has 26 heavy (non-hydrogen) atoms. The second-order valence-electron chi connectivity index (χ2n) is 5.93. The second kappa shape index (κ2) is 7.26. The van der Waals surface area contributed by atoms with Gasteiger partial charge in [0, 0.05) is 6.04 Å². The van der Waals surface area contributed by atoms with Crippen LogP contribution >= 0.6 is 0 Å². The lowest BCUT2D eigenvalue weighted by atomic mass is 10.3. The van der Waals surface area contributed by atoms with Crippen LogP contribution in [-0.2, 0) is 20.0 Å². The minimum absolute atomic E-state index is 0.0239. The summed E-state index contributed by atoms with van der Waals surface area (Å²) in [6.45, 7) is 2.33. The Morgan fingerprint density at radius 3 is 2.27 bits per heavy atom. The lowest BCUT2D eigenvalue weighted by Gasteiger charge is -2.11. The maximum absolute atomic E-state index is 12.5. The molecule has 0 unspecified atom stereocenters. The van der Waals surface area contributed by atoms with E-state index in [1.54, 1.807) is 12.1 Å². The van der Waals surface area contributed by atoms with Gasteiger partial charge in [0.2, 0.25) is 10.0 Å². The first kappa shape index (κ1) is 18.7. The molecular formula is C17H20N2O5S2. The van der Waals surface area contributed by atoms with Crippen LogP contribution < -0.4 is 14.2 Å². The van der Waals surface area contributed by atoms with Gasteiger partial charge in [0.15, 0.2) is 0 Å². The Hall–Kier alpha value is -2.10. The van der Waals surface area contributed by atoms with Crippen molar-refractivity contribution in [3.8, 4) is 5.75 Å². The van der Waals surface area contributed by atoms with Crippen LogP contribution in [0.2, 0.25) is 0 Å². The van der Waals surface area contributed by atoms with Gasteiger partial charge in [-0.25, -0.2) is 21.6 Å². The monoisotopic (exact) mass is 396 g/mol. The Kier molecular flexibility index (Phi) is 5.22. The number of rotatable bonds is 8. The van der Waals surface area contributed by atoms with Crippen LogP contribution in [0.25, 0.3) is 0 Å². The van der Waals surface area contributed by atoms with E-state index in [0.29, 0.717) is 12.4 Å². The van der Waals surface area contributed by atoms with E-state index in [9.17, 15) is 16.8 Å². The van der Waals surface area contributed by atoms with Crippen molar-refractivity contribution < 1.29 is 21.6 Å². The normalized spacial score (nSPS) is 14.8. The number of nitrogens with one attached hydrogen (secondary N) is 2. The molecule has 0 aliphatic heterocycles. The molecule has 1 aliphatic carbocycles. The first-order chi connectivity index (χ1) is 12.3. The zero-order valence-electron chi connectivity index (χ0n) is 14.2. The van der Waals surface area contributed by atoms with Crippen LogP contribution in [-0.4, -0.2) is 29.5 Å². The number of sulfonamides is 2. The van der Waals surface area contributed by atoms with Crippen LogP contribution in [0.1, 0.15) is 19.8 Å². The van der Waals surface area contributed by atoms with Crippen molar-refractivity contribution in [2.45, 2.75) is 35.6 Å². The Labute approximate surface area is 153 Å². The predicted octanol–water partition coefficient (Wildman–Crippen LogP) is 2.33. The summed E-state index contributed by atoms with van der Waals surface area (Å²) in [5.74, 6) is 0.575. The van der Waals surface area contributed by atoms with Crippen molar-refractivity contribution >= 4 is 25.7 Å². The molecule has 0 atom stereocenters. The van der Waals surface area contributed by atoms with Gasteiger partial charge in [0.05, 0.1) is 22.1 Å². The standard InChI is InChI=1S/C17H20N2O5S2/c1-2-24-15-8-10-16(11-9-15)25(20,21)19-14-4-3-5-17(12-14)26(22,23)18-13-6-7-13/h3-5,8-13,18-19H,2,6-7H2,1H3. The molecule has 1 fully saturated rings. The molecule has 7 nitrogen and oxygen atoms in total. The average molecular weight is 396 g/mol. The average Bonchev–Trinajstić information content (AvgIpc) is 3.39. The van der Waals surface area contributed by atoms with Crippen molar-refractivity contribution in [3.63, 3.8) is 0 Å². The third kappa shape index (κ3) is 4.54. The summed E-state index contributed by atoms with van der Waals surface area (Å²) in [6, 6.07) is 11.7. The highest BCUT2D eigenvalue weighted by Gasteiger charge is 2.28. The Bertz CT molecular complexity index is 982.